The first-order valence-electron chi connectivity index (χ1n) is 8.82. The van der Waals surface area contributed by atoms with Gasteiger partial charge in [0.15, 0.2) is 5.76 Å². The Kier molecular flexibility index (Phi) is 3.74. The number of nitrogens with zero attached hydrogens (tertiary/aromatic N) is 4. The lowest BCUT2D eigenvalue weighted by atomic mass is 9.76. The van der Waals surface area contributed by atoms with E-state index in [1.54, 1.807) is 16.7 Å². The van der Waals surface area contributed by atoms with Gasteiger partial charge in [0, 0.05) is 31.0 Å². The maximum Gasteiger partial charge on any atom is 0.289 e. The average Bonchev–Trinajstić information content (AvgIpc) is 3.25. The van der Waals surface area contributed by atoms with Crippen LogP contribution in [0.2, 0.25) is 0 Å². The molecule has 2 aliphatic heterocycles. The van der Waals surface area contributed by atoms with E-state index in [1.165, 1.54) is 6.26 Å². The third kappa shape index (κ3) is 2.49. The molecule has 7 heteroatoms. The van der Waals surface area contributed by atoms with Gasteiger partial charge in [-0.15, -0.1) is 10.2 Å². The summed E-state index contributed by atoms with van der Waals surface area (Å²) in [6.07, 6.45) is 4.00. The summed E-state index contributed by atoms with van der Waals surface area (Å²) in [6.45, 7) is 5.89. The molecule has 1 saturated heterocycles. The third-order valence-corrected chi connectivity index (χ3v) is 5.55. The molecular formula is C18H22N4O3. The van der Waals surface area contributed by atoms with Gasteiger partial charge in [-0.2, -0.15) is 0 Å². The van der Waals surface area contributed by atoms with E-state index < -0.39 is 0 Å². The monoisotopic (exact) mass is 342 g/mol. The van der Waals surface area contributed by atoms with Crippen LogP contribution in [0.3, 0.4) is 0 Å². The van der Waals surface area contributed by atoms with E-state index in [1.807, 2.05) is 18.7 Å². The zero-order chi connectivity index (χ0) is 17.6. The molecule has 4 rings (SSSR count). The Morgan fingerprint density at radius 3 is 2.56 bits per heavy atom. The highest BCUT2D eigenvalue weighted by Gasteiger charge is 2.45. The van der Waals surface area contributed by atoms with Gasteiger partial charge in [-0.1, -0.05) is 13.8 Å². The lowest BCUT2D eigenvalue weighted by Crippen LogP contribution is -2.45. The molecule has 7 nitrogen and oxygen atoms in total. The minimum absolute atomic E-state index is 0.00836. The first kappa shape index (κ1) is 16.1. The van der Waals surface area contributed by atoms with Crippen molar-refractivity contribution in [2.75, 3.05) is 13.1 Å². The molecule has 132 valence electrons. The van der Waals surface area contributed by atoms with Crippen LogP contribution in [0.25, 0.3) is 0 Å². The van der Waals surface area contributed by atoms with E-state index >= 15 is 0 Å². The van der Waals surface area contributed by atoms with E-state index in [4.69, 9.17) is 4.42 Å². The molecule has 1 spiro atoms. The van der Waals surface area contributed by atoms with Crippen LogP contribution in [-0.2, 0) is 12.0 Å². The first-order chi connectivity index (χ1) is 12.0. The van der Waals surface area contributed by atoms with Crippen molar-refractivity contribution in [1.29, 1.82) is 0 Å². The quantitative estimate of drug-likeness (QED) is 0.833. The molecule has 0 aliphatic carbocycles. The number of hydrogen-bond donors (Lipinski definition) is 0. The van der Waals surface area contributed by atoms with Crippen LogP contribution in [-0.4, -0.2) is 38.7 Å². The molecule has 0 unspecified atom stereocenters. The van der Waals surface area contributed by atoms with Gasteiger partial charge in [-0.3, -0.25) is 14.2 Å². The summed E-state index contributed by atoms with van der Waals surface area (Å²) in [5.41, 5.74) is 0.388. The molecule has 0 N–H and O–H groups in total. The van der Waals surface area contributed by atoms with Gasteiger partial charge in [0.1, 0.15) is 11.5 Å². The molecule has 0 aromatic carbocycles. The van der Waals surface area contributed by atoms with E-state index in [-0.39, 0.29) is 22.8 Å². The predicted octanol–water partition coefficient (Wildman–Crippen LogP) is 1.93. The van der Waals surface area contributed by atoms with Gasteiger partial charge in [-0.25, -0.2) is 0 Å². The Labute approximate surface area is 145 Å². The number of likely N-dealkylation sites (tertiary alicyclic amines) is 1. The van der Waals surface area contributed by atoms with Gasteiger partial charge < -0.3 is 9.32 Å². The second kappa shape index (κ2) is 5.82. The second-order valence-corrected chi connectivity index (χ2v) is 7.32. The van der Waals surface area contributed by atoms with Crippen molar-refractivity contribution in [3.63, 3.8) is 0 Å². The number of furan rings is 1. The van der Waals surface area contributed by atoms with Gasteiger partial charge in [0.05, 0.1) is 6.26 Å². The van der Waals surface area contributed by atoms with Crippen molar-refractivity contribution < 1.29 is 9.21 Å². The zero-order valence-corrected chi connectivity index (χ0v) is 14.6. The molecule has 0 saturated carbocycles. The molecule has 4 heterocycles. The van der Waals surface area contributed by atoms with Crippen molar-refractivity contribution in [1.82, 2.24) is 19.7 Å². The molecule has 25 heavy (non-hydrogen) atoms. The standard InChI is InChI=1S/C18H22N4O3/c1-12(2)14-16(24)22-10-7-18(17(22)20-19-14)5-8-21(9-6-18)15(23)13-4-3-11-25-13/h3-4,11-12H,5-10H2,1-2H3. The highest BCUT2D eigenvalue weighted by molar-refractivity contribution is 5.91. The third-order valence-electron chi connectivity index (χ3n) is 5.55. The molecule has 0 atom stereocenters. The van der Waals surface area contributed by atoms with Crippen LogP contribution >= 0.6 is 0 Å². The second-order valence-electron chi connectivity index (χ2n) is 7.32. The number of amides is 1. The van der Waals surface area contributed by atoms with Crippen LogP contribution in [0.15, 0.2) is 27.6 Å². The number of carbonyl (C=O) groups is 1. The highest BCUT2D eigenvalue weighted by Crippen LogP contribution is 2.41. The number of aromatic nitrogens is 3. The summed E-state index contributed by atoms with van der Waals surface area (Å²) in [6, 6.07) is 3.41. The van der Waals surface area contributed by atoms with Crippen molar-refractivity contribution in [2.45, 2.75) is 51.0 Å². The fraction of sp³-hybridized carbons (Fsp3) is 0.556. The fourth-order valence-electron chi connectivity index (χ4n) is 4.00. The largest absolute Gasteiger partial charge is 0.459 e. The van der Waals surface area contributed by atoms with Crippen molar-refractivity contribution in [3.8, 4) is 0 Å². The van der Waals surface area contributed by atoms with Gasteiger partial charge in [0.2, 0.25) is 0 Å². The van der Waals surface area contributed by atoms with Crippen LogP contribution < -0.4 is 5.56 Å². The van der Waals surface area contributed by atoms with Gasteiger partial charge in [0.25, 0.3) is 11.5 Å². The van der Waals surface area contributed by atoms with Crippen LogP contribution in [0, 0.1) is 0 Å². The minimum atomic E-state index is -0.137. The Balaban J connectivity index is 1.56. The lowest BCUT2D eigenvalue weighted by molar-refractivity contribution is 0.0631. The summed E-state index contributed by atoms with van der Waals surface area (Å²) in [5.74, 6) is 1.17. The first-order valence-corrected chi connectivity index (χ1v) is 8.82. The van der Waals surface area contributed by atoms with E-state index in [2.05, 4.69) is 10.2 Å². The van der Waals surface area contributed by atoms with Crippen LogP contribution in [0.1, 0.15) is 61.1 Å². The summed E-state index contributed by atoms with van der Waals surface area (Å²) in [7, 11) is 0. The number of hydrogen-bond acceptors (Lipinski definition) is 5. The SMILES string of the molecule is CC(C)c1nnc2n(c1=O)CCC21CCN(C(=O)c2ccco2)CC1. The van der Waals surface area contributed by atoms with E-state index in [0.29, 0.717) is 31.1 Å². The molecule has 0 bridgehead atoms. The fourth-order valence-corrected chi connectivity index (χ4v) is 4.00. The maximum absolute atomic E-state index is 12.6. The van der Waals surface area contributed by atoms with E-state index in [0.717, 1.165) is 25.1 Å². The number of fused-ring (bicyclic) bond motifs is 2. The normalized spacial score (nSPS) is 18.8. The summed E-state index contributed by atoms with van der Waals surface area (Å²) < 4.78 is 7.01. The topological polar surface area (TPSA) is 81.2 Å². The minimum Gasteiger partial charge on any atom is -0.459 e. The van der Waals surface area contributed by atoms with Gasteiger partial charge >= 0.3 is 0 Å². The smallest absolute Gasteiger partial charge is 0.289 e. The van der Waals surface area contributed by atoms with Crippen molar-refractivity contribution in [2.24, 2.45) is 0 Å². The Bertz CT molecular complexity index is 846. The molecule has 2 aromatic heterocycles. The van der Waals surface area contributed by atoms with Crippen LogP contribution in [0.5, 0.6) is 0 Å². The molecule has 1 fully saturated rings. The molecule has 2 aromatic rings. The van der Waals surface area contributed by atoms with Gasteiger partial charge in [-0.05, 0) is 31.4 Å². The Morgan fingerprint density at radius 1 is 1.20 bits per heavy atom. The summed E-state index contributed by atoms with van der Waals surface area (Å²) >= 11 is 0. The highest BCUT2D eigenvalue weighted by atomic mass is 16.3. The zero-order valence-electron chi connectivity index (χ0n) is 14.6. The lowest BCUT2D eigenvalue weighted by Gasteiger charge is -2.38. The van der Waals surface area contributed by atoms with Crippen molar-refractivity contribution >= 4 is 5.91 Å². The van der Waals surface area contributed by atoms with Crippen LogP contribution in [0.4, 0.5) is 0 Å². The van der Waals surface area contributed by atoms with Crippen molar-refractivity contribution in [3.05, 3.63) is 46.0 Å². The maximum atomic E-state index is 12.6. The van der Waals surface area contributed by atoms with E-state index in [9.17, 15) is 9.59 Å². The number of piperidine rings is 1. The predicted molar refractivity (Wildman–Crippen MR) is 90.5 cm³/mol. The Hall–Kier alpha value is -2.44. The number of rotatable bonds is 2. The summed E-state index contributed by atoms with van der Waals surface area (Å²) in [5, 5.41) is 8.64. The average molecular weight is 342 g/mol. The number of carbonyl (C=O) groups excluding carboxylic acids is 1. The summed E-state index contributed by atoms with van der Waals surface area (Å²) in [4.78, 5) is 26.9. The molecule has 1 amide bonds. The Morgan fingerprint density at radius 2 is 1.92 bits per heavy atom. The molecule has 0 radical (unpaired) electrons. The molecular weight excluding hydrogens is 320 g/mol. The molecule has 2 aliphatic rings.